The van der Waals surface area contributed by atoms with Gasteiger partial charge in [0.05, 0.1) is 17.1 Å². The summed E-state index contributed by atoms with van der Waals surface area (Å²) in [5, 5.41) is 0. The van der Waals surface area contributed by atoms with Crippen LogP contribution in [0.25, 0.3) is 11.0 Å². The number of nitrogens with two attached hydrogens (primary N) is 1. The number of hydrogen-bond acceptors (Lipinski definition) is 5. The van der Waals surface area contributed by atoms with Crippen LogP contribution >= 0.6 is 11.3 Å². The second kappa shape index (κ2) is 5.05. The minimum Gasteiger partial charge on any atom is -0.271 e. The fourth-order valence-electron chi connectivity index (χ4n) is 2.11. The van der Waals surface area contributed by atoms with Crippen LogP contribution < -0.4 is 11.3 Å². The molecule has 5 heteroatoms. The largest absolute Gasteiger partial charge is 0.271 e. The first-order chi connectivity index (χ1) is 9.28. The molecule has 0 saturated heterocycles. The summed E-state index contributed by atoms with van der Waals surface area (Å²) in [5.74, 6) is 5.71. The van der Waals surface area contributed by atoms with E-state index in [1.807, 2.05) is 18.2 Å². The fourth-order valence-corrected chi connectivity index (χ4v) is 3.08. The number of hydrogen-bond donors (Lipinski definition) is 2. The van der Waals surface area contributed by atoms with Crippen LogP contribution in [-0.2, 0) is 0 Å². The standard InChI is InChI=1S/C14H14N4S/c1-9-2-5-13(19-9)14(18-15)10-3-4-11-12(8-10)17-7-6-16-11/h2-8,14,18H,15H2,1H3. The van der Waals surface area contributed by atoms with E-state index >= 15 is 0 Å². The van der Waals surface area contributed by atoms with Crippen LogP contribution in [0.3, 0.4) is 0 Å². The molecule has 0 radical (unpaired) electrons. The van der Waals surface area contributed by atoms with Crippen molar-refractivity contribution in [1.82, 2.24) is 15.4 Å². The molecule has 0 saturated carbocycles. The van der Waals surface area contributed by atoms with Gasteiger partial charge in [0, 0.05) is 22.1 Å². The van der Waals surface area contributed by atoms with Crippen molar-refractivity contribution in [3.8, 4) is 0 Å². The third kappa shape index (κ3) is 2.35. The summed E-state index contributed by atoms with van der Waals surface area (Å²) >= 11 is 1.74. The van der Waals surface area contributed by atoms with Crippen LogP contribution in [0.4, 0.5) is 0 Å². The Morgan fingerprint density at radius 2 is 1.89 bits per heavy atom. The van der Waals surface area contributed by atoms with Gasteiger partial charge in [0.1, 0.15) is 0 Å². The number of nitrogens with one attached hydrogen (secondary N) is 1. The molecule has 1 aromatic carbocycles. The van der Waals surface area contributed by atoms with E-state index in [1.165, 1.54) is 9.75 Å². The van der Waals surface area contributed by atoms with Crippen molar-refractivity contribution in [2.75, 3.05) is 0 Å². The lowest BCUT2D eigenvalue weighted by molar-refractivity contribution is 0.647. The highest BCUT2D eigenvalue weighted by Gasteiger charge is 2.14. The van der Waals surface area contributed by atoms with Crippen molar-refractivity contribution in [2.24, 2.45) is 5.84 Å². The van der Waals surface area contributed by atoms with Gasteiger partial charge in [-0.05, 0) is 36.8 Å². The van der Waals surface area contributed by atoms with Crippen molar-refractivity contribution < 1.29 is 0 Å². The molecule has 0 bridgehead atoms. The lowest BCUT2D eigenvalue weighted by Crippen LogP contribution is -2.28. The predicted molar refractivity (Wildman–Crippen MR) is 77.8 cm³/mol. The predicted octanol–water partition coefficient (Wildman–Crippen LogP) is 2.55. The van der Waals surface area contributed by atoms with Gasteiger partial charge in [-0.25, -0.2) is 5.43 Å². The average Bonchev–Trinajstić information content (AvgIpc) is 2.86. The van der Waals surface area contributed by atoms with Crippen LogP contribution in [0.15, 0.2) is 42.7 Å². The Morgan fingerprint density at radius 1 is 1.11 bits per heavy atom. The number of hydrazine groups is 1. The van der Waals surface area contributed by atoms with Crippen molar-refractivity contribution in [3.63, 3.8) is 0 Å². The molecule has 2 heterocycles. The lowest BCUT2D eigenvalue weighted by atomic mass is 10.1. The minimum atomic E-state index is -0.00916. The van der Waals surface area contributed by atoms with Gasteiger partial charge in [-0.2, -0.15) is 0 Å². The molecule has 0 amide bonds. The first-order valence-electron chi connectivity index (χ1n) is 6.01. The number of nitrogens with zero attached hydrogens (tertiary/aromatic N) is 2. The van der Waals surface area contributed by atoms with E-state index in [0.717, 1.165) is 16.6 Å². The Bertz CT molecular complexity index is 707. The molecule has 0 aliphatic rings. The Hall–Kier alpha value is -1.82. The maximum atomic E-state index is 5.71. The molecule has 1 unspecified atom stereocenters. The van der Waals surface area contributed by atoms with Crippen LogP contribution in [0.5, 0.6) is 0 Å². The third-order valence-electron chi connectivity index (χ3n) is 3.04. The second-order valence-electron chi connectivity index (χ2n) is 4.35. The molecule has 0 fully saturated rings. The molecule has 0 aliphatic carbocycles. The van der Waals surface area contributed by atoms with E-state index in [0.29, 0.717) is 0 Å². The number of fused-ring (bicyclic) bond motifs is 1. The molecule has 3 rings (SSSR count). The summed E-state index contributed by atoms with van der Waals surface area (Å²) < 4.78 is 0. The summed E-state index contributed by atoms with van der Waals surface area (Å²) in [7, 11) is 0. The second-order valence-corrected chi connectivity index (χ2v) is 5.67. The molecule has 4 nitrogen and oxygen atoms in total. The van der Waals surface area contributed by atoms with E-state index in [-0.39, 0.29) is 6.04 Å². The zero-order chi connectivity index (χ0) is 13.2. The van der Waals surface area contributed by atoms with Crippen LogP contribution in [0.2, 0.25) is 0 Å². The molecule has 19 heavy (non-hydrogen) atoms. The van der Waals surface area contributed by atoms with Gasteiger partial charge in [0.15, 0.2) is 0 Å². The minimum absolute atomic E-state index is 0.00916. The maximum absolute atomic E-state index is 5.71. The van der Waals surface area contributed by atoms with Crippen LogP contribution in [0, 0.1) is 6.92 Å². The van der Waals surface area contributed by atoms with Crippen molar-refractivity contribution in [3.05, 3.63) is 58.0 Å². The summed E-state index contributed by atoms with van der Waals surface area (Å²) in [4.78, 5) is 11.1. The third-order valence-corrected chi connectivity index (χ3v) is 4.10. The number of thiophene rings is 1. The SMILES string of the molecule is Cc1ccc(C(NN)c2ccc3nccnc3c2)s1. The van der Waals surface area contributed by atoms with Crippen LogP contribution in [0.1, 0.15) is 21.4 Å². The van der Waals surface area contributed by atoms with Gasteiger partial charge >= 0.3 is 0 Å². The number of aryl methyl sites for hydroxylation is 1. The zero-order valence-corrected chi connectivity index (χ0v) is 11.3. The average molecular weight is 270 g/mol. The van der Waals surface area contributed by atoms with Crippen molar-refractivity contribution in [2.45, 2.75) is 13.0 Å². The van der Waals surface area contributed by atoms with E-state index in [2.05, 4.69) is 34.5 Å². The molecule has 96 valence electrons. The summed E-state index contributed by atoms with van der Waals surface area (Å²) in [6.07, 6.45) is 3.40. The van der Waals surface area contributed by atoms with Crippen molar-refractivity contribution in [1.29, 1.82) is 0 Å². The molecule has 3 N–H and O–H groups in total. The van der Waals surface area contributed by atoms with E-state index in [9.17, 15) is 0 Å². The highest BCUT2D eigenvalue weighted by Crippen LogP contribution is 2.28. The molecule has 1 atom stereocenters. The van der Waals surface area contributed by atoms with Gasteiger partial charge < -0.3 is 0 Å². The monoisotopic (exact) mass is 270 g/mol. The summed E-state index contributed by atoms with van der Waals surface area (Å²) in [5.41, 5.74) is 5.75. The maximum Gasteiger partial charge on any atom is 0.0890 e. The molecular weight excluding hydrogens is 256 g/mol. The molecule has 0 spiro atoms. The van der Waals surface area contributed by atoms with E-state index in [4.69, 9.17) is 5.84 Å². The molecular formula is C14H14N4S. The van der Waals surface area contributed by atoms with Gasteiger partial charge in [-0.3, -0.25) is 15.8 Å². The first-order valence-corrected chi connectivity index (χ1v) is 6.83. The topological polar surface area (TPSA) is 63.8 Å². The molecule has 2 aromatic heterocycles. The molecule has 3 aromatic rings. The summed E-state index contributed by atoms with van der Waals surface area (Å²) in [6, 6.07) is 10.2. The highest BCUT2D eigenvalue weighted by molar-refractivity contribution is 7.12. The van der Waals surface area contributed by atoms with E-state index in [1.54, 1.807) is 23.7 Å². The smallest absolute Gasteiger partial charge is 0.0890 e. The fraction of sp³-hybridized carbons (Fsp3) is 0.143. The zero-order valence-electron chi connectivity index (χ0n) is 10.5. The number of benzene rings is 1. The van der Waals surface area contributed by atoms with Gasteiger partial charge in [-0.15, -0.1) is 11.3 Å². The summed E-state index contributed by atoms with van der Waals surface area (Å²) in [6.45, 7) is 2.09. The quantitative estimate of drug-likeness (QED) is 0.567. The van der Waals surface area contributed by atoms with Gasteiger partial charge in [0.2, 0.25) is 0 Å². The normalized spacial score (nSPS) is 12.7. The Labute approximate surface area is 115 Å². The number of rotatable bonds is 3. The molecule has 0 aliphatic heterocycles. The highest BCUT2D eigenvalue weighted by atomic mass is 32.1. The number of aromatic nitrogens is 2. The Balaban J connectivity index is 2.06. The Morgan fingerprint density at radius 3 is 2.58 bits per heavy atom. The Kier molecular flexibility index (Phi) is 3.25. The first kappa shape index (κ1) is 12.2. The van der Waals surface area contributed by atoms with E-state index < -0.39 is 0 Å². The van der Waals surface area contributed by atoms with Crippen molar-refractivity contribution >= 4 is 22.4 Å². The van der Waals surface area contributed by atoms with Gasteiger partial charge in [0.25, 0.3) is 0 Å². The van der Waals surface area contributed by atoms with Crippen LogP contribution in [-0.4, -0.2) is 9.97 Å². The van der Waals surface area contributed by atoms with Gasteiger partial charge in [-0.1, -0.05) is 6.07 Å². The lowest BCUT2D eigenvalue weighted by Gasteiger charge is -2.15.